The SMILES string of the molecule is COC(=O)[C@@H](CCSC)NC(=O)[C@@H](NC(=O)c1ccc(C(C)(C)C)cc1)C(C)C. The van der Waals surface area contributed by atoms with Gasteiger partial charge in [0, 0.05) is 5.56 Å². The third-order valence-corrected chi connectivity index (χ3v) is 5.31. The van der Waals surface area contributed by atoms with Crippen molar-refractivity contribution < 1.29 is 19.1 Å². The number of hydrogen-bond donors (Lipinski definition) is 2. The number of rotatable bonds is 9. The van der Waals surface area contributed by atoms with Gasteiger partial charge in [-0.05, 0) is 47.5 Å². The summed E-state index contributed by atoms with van der Waals surface area (Å²) in [6.07, 6.45) is 2.39. The molecular formula is C22H34N2O4S. The van der Waals surface area contributed by atoms with Crippen LogP contribution in [0.15, 0.2) is 24.3 Å². The summed E-state index contributed by atoms with van der Waals surface area (Å²) >= 11 is 1.58. The first-order valence-corrected chi connectivity index (χ1v) is 11.2. The molecule has 0 unspecified atom stereocenters. The van der Waals surface area contributed by atoms with E-state index in [1.165, 1.54) is 7.11 Å². The van der Waals surface area contributed by atoms with Crippen molar-refractivity contribution in [3.63, 3.8) is 0 Å². The second-order valence-corrected chi connectivity index (χ2v) is 9.37. The van der Waals surface area contributed by atoms with Crippen LogP contribution in [0.5, 0.6) is 0 Å². The topological polar surface area (TPSA) is 84.5 Å². The van der Waals surface area contributed by atoms with Gasteiger partial charge in [-0.15, -0.1) is 0 Å². The first kappa shape index (κ1) is 25.0. The zero-order valence-corrected chi connectivity index (χ0v) is 19.3. The molecule has 29 heavy (non-hydrogen) atoms. The molecule has 0 fully saturated rings. The monoisotopic (exact) mass is 422 g/mol. The highest BCUT2D eigenvalue weighted by molar-refractivity contribution is 7.98. The molecule has 6 nitrogen and oxygen atoms in total. The van der Waals surface area contributed by atoms with E-state index in [1.807, 2.05) is 32.2 Å². The number of methoxy groups -OCH3 is 1. The molecule has 0 aliphatic carbocycles. The fraction of sp³-hybridized carbons (Fsp3) is 0.591. The number of carbonyl (C=O) groups is 3. The number of nitrogens with one attached hydrogen (secondary N) is 2. The Morgan fingerprint density at radius 2 is 1.66 bits per heavy atom. The summed E-state index contributed by atoms with van der Waals surface area (Å²) < 4.78 is 4.79. The van der Waals surface area contributed by atoms with Crippen molar-refractivity contribution in [2.75, 3.05) is 19.1 Å². The molecule has 0 saturated carbocycles. The summed E-state index contributed by atoms with van der Waals surface area (Å²) in [5.41, 5.74) is 1.61. The Hall–Kier alpha value is -2.02. The van der Waals surface area contributed by atoms with Crippen LogP contribution in [-0.4, -0.2) is 49.0 Å². The second kappa shape index (κ2) is 11.2. The van der Waals surface area contributed by atoms with Crippen LogP contribution in [-0.2, 0) is 19.7 Å². The number of hydrogen-bond acceptors (Lipinski definition) is 5. The van der Waals surface area contributed by atoms with E-state index >= 15 is 0 Å². The van der Waals surface area contributed by atoms with Crippen LogP contribution in [0.1, 0.15) is 57.0 Å². The van der Waals surface area contributed by atoms with E-state index in [9.17, 15) is 14.4 Å². The van der Waals surface area contributed by atoms with Gasteiger partial charge in [-0.3, -0.25) is 9.59 Å². The average Bonchev–Trinajstić information content (AvgIpc) is 2.67. The lowest BCUT2D eigenvalue weighted by Gasteiger charge is -2.25. The molecule has 2 amide bonds. The molecule has 0 aliphatic heterocycles. The fourth-order valence-electron chi connectivity index (χ4n) is 2.77. The fourth-order valence-corrected chi connectivity index (χ4v) is 3.24. The van der Waals surface area contributed by atoms with E-state index in [-0.39, 0.29) is 17.2 Å². The predicted molar refractivity (Wildman–Crippen MR) is 118 cm³/mol. The normalized spacial score (nSPS) is 13.5. The number of ether oxygens (including phenoxy) is 1. The first-order valence-electron chi connectivity index (χ1n) is 9.79. The number of amides is 2. The number of esters is 1. The average molecular weight is 423 g/mol. The predicted octanol–water partition coefficient (Wildman–Crippen LogP) is 3.15. The molecule has 162 valence electrons. The standard InChI is InChI=1S/C22H34N2O4S/c1-14(2)18(20(26)23-17(12-13-29-7)21(27)28-6)24-19(25)15-8-10-16(11-9-15)22(3,4)5/h8-11,14,17-18H,12-13H2,1-7H3,(H,23,26)(H,24,25)/t17-,18+/m1/s1. The Kier molecular flexibility index (Phi) is 9.70. The van der Waals surface area contributed by atoms with Gasteiger partial charge >= 0.3 is 5.97 Å². The maximum atomic E-state index is 12.8. The molecule has 7 heteroatoms. The smallest absolute Gasteiger partial charge is 0.328 e. The molecule has 0 heterocycles. The van der Waals surface area contributed by atoms with Crippen molar-refractivity contribution in [1.82, 2.24) is 10.6 Å². The van der Waals surface area contributed by atoms with Crippen LogP contribution >= 0.6 is 11.8 Å². The second-order valence-electron chi connectivity index (χ2n) is 8.39. The highest BCUT2D eigenvalue weighted by Crippen LogP contribution is 2.22. The van der Waals surface area contributed by atoms with Crippen molar-refractivity contribution >= 4 is 29.5 Å². The Bertz CT molecular complexity index is 696. The summed E-state index contributed by atoms with van der Waals surface area (Å²) in [6, 6.07) is 5.89. The molecule has 0 radical (unpaired) electrons. The van der Waals surface area contributed by atoms with Crippen molar-refractivity contribution in [2.45, 2.75) is 58.5 Å². The molecule has 2 atom stereocenters. The van der Waals surface area contributed by atoms with Gasteiger partial charge in [0.05, 0.1) is 7.11 Å². The molecule has 2 N–H and O–H groups in total. The zero-order chi connectivity index (χ0) is 22.2. The van der Waals surface area contributed by atoms with Gasteiger partial charge < -0.3 is 15.4 Å². The lowest BCUT2D eigenvalue weighted by molar-refractivity contribution is -0.145. The third-order valence-electron chi connectivity index (χ3n) is 4.66. The van der Waals surface area contributed by atoms with Gasteiger partial charge in [-0.25, -0.2) is 4.79 Å². The molecule has 1 aromatic rings. The van der Waals surface area contributed by atoms with Crippen molar-refractivity contribution in [2.24, 2.45) is 5.92 Å². The number of thioether (sulfide) groups is 1. The minimum atomic E-state index is -0.758. The van der Waals surface area contributed by atoms with Gasteiger partial charge in [0.2, 0.25) is 5.91 Å². The minimum absolute atomic E-state index is 0.00493. The largest absolute Gasteiger partial charge is 0.467 e. The first-order chi connectivity index (χ1) is 13.5. The lowest BCUT2D eigenvalue weighted by Crippen LogP contribution is -2.54. The van der Waals surface area contributed by atoms with E-state index in [1.54, 1.807) is 23.9 Å². The van der Waals surface area contributed by atoms with Gasteiger partial charge in [-0.1, -0.05) is 46.8 Å². The van der Waals surface area contributed by atoms with Crippen LogP contribution in [0.3, 0.4) is 0 Å². The lowest BCUT2D eigenvalue weighted by atomic mass is 9.86. The summed E-state index contributed by atoms with van der Waals surface area (Å²) in [5.74, 6) is -0.640. The molecule has 0 bridgehead atoms. The number of benzene rings is 1. The highest BCUT2D eigenvalue weighted by atomic mass is 32.2. The van der Waals surface area contributed by atoms with Crippen LogP contribution in [0, 0.1) is 5.92 Å². The molecular weight excluding hydrogens is 388 g/mol. The van der Waals surface area contributed by atoms with Crippen LogP contribution in [0.2, 0.25) is 0 Å². The van der Waals surface area contributed by atoms with Crippen molar-refractivity contribution in [3.05, 3.63) is 35.4 Å². The molecule has 1 aromatic carbocycles. The Balaban J connectivity index is 2.89. The Morgan fingerprint density at radius 1 is 1.07 bits per heavy atom. The highest BCUT2D eigenvalue weighted by Gasteiger charge is 2.29. The van der Waals surface area contributed by atoms with E-state index in [0.717, 1.165) is 5.56 Å². The van der Waals surface area contributed by atoms with Crippen molar-refractivity contribution in [3.8, 4) is 0 Å². The van der Waals surface area contributed by atoms with Gasteiger partial charge in [0.1, 0.15) is 12.1 Å². The van der Waals surface area contributed by atoms with Crippen LogP contribution < -0.4 is 10.6 Å². The summed E-state index contributed by atoms with van der Waals surface area (Å²) in [5, 5.41) is 5.53. The van der Waals surface area contributed by atoms with Gasteiger partial charge in [0.15, 0.2) is 0 Å². The van der Waals surface area contributed by atoms with Gasteiger partial charge in [-0.2, -0.15) is 11.8 Å². The van der Waals surface area contributed by atoms with E-state index in [4.69, 9.17) is 4.74 Å². The van der Waals surface area contributed by atoms with E-state index in [0.29, 0.717) is 17.7 Å². The summed E-state index contributed by atoms with van der Waals surface area (Å²) in [4.78, 5) is 37.4. The van der Waals surface area contributed by atoms with Crippen LogP contribution in [0.25, 0.3) is 0 Å². The molecule has 0 aliphatic rings. The minimum Gasteiger partial charge on any atom is -0.467 e. The Morgan fingerprint density at radius 3 is 2.10 bits per heavy atom. The zero-order valence-electron chi connectivity index (χ0n) is 18.5. The molecule has 0 saturated heterocycles. The molecule has 0 spiro atoms. The molecule has 0 aromatic heterocycles. The van der Waals surface area contributed by atoms with E-state index < -0.39 is 24.0 Å². The summed E-state index contributed by atoms with van der Waals surface area (Å²) in [6.45, 7) is 10.0. The Labute approximate surface area is 178 Å². The maximum Gasteiger partial charge on any atom is 0.328 e. The maximum absolute atomic E-state index is 12.8. The van der Waals surface area contributed by atoms with E-state index in [2.05, 4.69) is 31.4 Å². The van der Waals surface area contributed by atoms with Gasteiger partial charge in [0.25, 0.3) is 5.91 Å². The summed E-state index contributed by atoms with van der Waals surface area (Å²) in [7, 11) is 1.30. The molecule has 1 rings (SSSR count). The van der Waals surface area contributed by atoms with Crippen LogP contribution in [0.4, 0.5) is 0 Å². The quantitative estimate of drug-likeness (QED) is 0.597. The number of carbonyl (C=O) groups excluding carboxylic acids is 3. The third kappa shape index (κ3) is 7.72. The van der Waals surface area contributed by atoms with Crippen molar-refractivity contribution in [1.29, 1.82) is 0 Å².